The average Bonchev–Trinajstić information content (AvgIpc) is 3.09. The standard InChI is InChI=1S/C20H16ClNO2S/c21-17-4-2-1-3-14(17)12-24-15-7-5-13(6-8-15)16-11-19(23)22-18-9-10-25-20(16)18/h1-10,16H,11-12H2,(H,22,23). The lowest BCUT2D eigenvalue weighted by atomic mass is 9.91. The predicted octanol–water partition coefficient (Wildman–Crippen LogP) is 5.45. The van der Waals surface area contributed by atoms with Gasteiger partial charge < -0.3 is 10.1 Å². The van der Waals surface area contributed by atoms with Crippen molar-refractivity contribution in [1.29, 1.82) is 0 Å². The number of carbonyl (C=O) groups is 1. The second kappa shape index (κ2) is 6.90. The van der Waals surface area contributed by atoms with E-state index in [1.54, 1.807) is 11.3 Å². The highest BCUT2D eigenvalue weighted by molar-refractivity contribution is 7.10. The van der Waals surface area contributed by atoms with Crippen LogP contribution in [0, 0.1) is 0 Å². The molecule has 0 fully saturated rings. The summed E-state index contributed by atoms with van der Waals surface area (Å²) < 4.78 is 5.83. The fourth-order valence-electron chi connectivity index (χ4n) is 3.02. The van der Waals surface area contributed by atoms with Crippen LogP contribution in [0.15, 0.2) is 60.0 Å². The summed E-state index contributed by atoms with van der Waals surface area (Å²) in [6, 6.07) is 17.6. The smallest absolute Gasteiger partial charge is 0.225 e. The van der Waals surface area contributed by atoms with Gasteiger partial charge in [0.25, 0.3) is 0 Å². The van der Waals surface area contributed by atoms with E-state index in [2.05, 4.69) is 5.32 Å². The van der Waals surface area contributed by atoms with E-state index in [-0.39, 0.29) is 11.8 Å². The van der Waals surface area contributed by atoms with E-state index in [1.165, 1.54) is 4.88 Å². The van der Waals surface area contributed by atoms with Gasteiger partial charge in [0.15, 0.2) is 0 Å². The first-order valence-electron chi connectivity index (χ1n) is 8.04. The van der Waals surface area contributed by atoms with Crippen LogP contribution >= 0.6 is 22.9 Å². The molecule has 1 unspecified atom stereocenters. The van der Waals surface area contributed by atoms with E-state index in [0.29, 0.717) is 18.1 Å². The predicted molar refractivity (Wildman–Crippen MR) is 102 cm³/mol. The number of hydrogen-bond acceptors (Lipinski definition) is 3. The SMILES string of the molecule is O=C1CC(c2ccc(OCc3ccccc3Cl)cc2)c2sccc2N1. The van der Waals surface area contributed by atoms with Crippen molar-refractivity contribution < 1.29 is 9.53 Å². The first-order chi connectivity index (χ1) is 12.2. The van der Waals surface area contributed by atoms with E-state index in [9.17, 15) is 4.79 Å². The summed E-state index contributed by atoms with van der Waals surface area (Å²) in [5, 5.41) is 5.65. The summed E-state index contributed by atoms with van der Waals surface area (Å²) in [6.07, 6.45) is 0.480. The molecule has 0 spiro atoms. The van der Waals surface area contributed by atoms with Crippen LogP contribution in [-0.2, 0) is 11.4 Å². The molecule has 0 saturated heterocycles. The molecular weight excluding hydrogens is 354 g/mol. The number of hydrogen-bond donors (Lipinski definition) is 1. The third-order valence-corrected chi connectivity index (χ3v) is 5.71. The third kappa shape index (κ3) is 3.41. The Balaban J connectivity index is 1.50. The molecule has 4 rings (SSSR count). The number of ether oxygens (including phenoxy) is 1. The maximum absolute atomic E-state index is 11.9. The minimum Gasteiger partial charge on any atom is -0.489 e. The highest BCUT2D eigenvalue weighted by atomic mass is 35.5. The number of nitrogens with one attached hydrogen (secondary N) is 1. The second-order valence-electron chi connectivity index (χ2n) is 5.95. The Morgan fingerprint density at radius 3 is 2.72 bits per heavy atom. The van der Waals surface area contributed by atoms with Crippen LogP contribution in [0.25, 0.3) is 0 Å². The van der Waals surface area contributed by atoms with Crippen LogP contribution in [0.5, 0.6) is 5.75 Å². The quantitative estimate of drug-likeness (QED) is 0.663. The molecule has 2 aromatic carbocycles. The Bertz CT molecular complexity index is 904. The van der Waals surface area contributed by atoms with Gasteiger partial charge in [-0.1, -0.05) is 41.9 Å². The van der Waals surface area contributed by atoms with Crippen molar-refractivity contribution in [2.75, 3.05) is 5.32 Å². The van der Waals surface area contributed by atoms with Crippen molar-refractivity contribution in [3.63, 3.8) is 0 Å². The number of amides is 1. The van der Waals surface area contributed by atoms with Gasteiger partial charge in [-0.25, -0.2) is 0 Å². The third-order valence-electron chi connectivity index (χ3n) is 4.31. The molecule has 3 nitrogen and oxygen atoms in total. The molecule has 1 aliphatic heterocycles. The lowest BCUT2D eigenvalue weighted by Gasteiger charge is -2.23. The normalized spacial score (nSPS) is 16.2. The molecule has 25 heavy (non-hydrogen) atoms. The van der Waals surface area contributed by atoms with Gasteiger partial charge in [0.05, 0.1) is 5.69 Å². The molecule has 0 saturated carbocycles. The van der Waals surface area contributed by atoms with Gasteiger partial charge >= 0.3 is 0 Å². The molecule has 2 heterocycles. The maximum Gasteiger partial charge on any atom is 0.225 e. The zero-order valence-electron chi connectivity index (χ0n) is 13.4. The summed E-state index contributed by atoms with van der Waals surface area (Å²) in [5.41, 5.74) is 3.02. The zero-order chi connectivity index (χ0) is 17.2. The number of halogens is 1. The number of benzene rings is 2. The minimum atomic E-state index is 0.0648. The van der Waals surface area contributed by atoms with Gasteiger partial charge in [-0.3, -0.25) is 4.79 Å². The van der Waals surface area contributed by atoms with Crippen LogP contribution in [0.1, 0.15) is 28.3 Å². The summed E-state index contributed by atoms with van der Waals surface area (Å²) in [6.45, 7) is 0.430. The first kappa shape index (κ1) is 16.2. The minimum absolute atomic E-state index is 0.0648. The second-order valence-corrected chi connectivity index (χ2v) is 7.31. The van der Waals surface area contributed by atoms with Crippen molar-refractivity contribution >= 4 is 34.5 Å². The van der Waals surface area contributed by atoms with Gasteiger partial charge in [0.1, 0.15) is 12.4 Å². The van der Waals surface area contributed by atoms with Gasteiger partial charge in [0.2, 0.25) is 5.91 Å². The molecule has 1 atom stereocenters. The molecule has 0 bridgehead atoms. The summed E-state index contributed by atoms with van der Waals surface area (Å²) in [5.74, 6) is 0.964. The van der Waals surface area contributed by atoms with Crippen molar-refractivity contribution in [3.05, 3.63) is 81.0 Å². The Kier molecular flexibility index (Phi) is 4.47. The van der Waals surface area contributed by atoms with Crippen LogP contribution in [0.3, 0.4) is 0 Å². The lowest BCUT2D eigenvalue weighted by Crippen LogP contribution is -2.21. The van der Waals surface area contributed by atoms with E-state index in [1.807, 2.05) is 60.0 Å². The lowest BCUT2D eigenvalue weighted by molar-refractivity contribution is -0.116. The summed E-state index contributed by atoms with van der Waals surface area (Å²) in [7, 11) is 0. The molecule has 126 valence electrons. The Labute approximate surface area is 155 Å². The molecule has 0 radical (unpaired) electrons. The Hall–Kier alpha value is -2.30. The molecule has 0 aliphatic carbocycles. The summed E-state index contributed by atoms with van der Waals surface area (Å²) in [4.78, 5) is 13.1. The van der Waals surface area contributed by atoms with Crippen molar-refractivity contribution in [3.8, 4) is 5.75 Å². The molecule has 1 amide bonds. The number of carbonyl (C=O) groups excluding carboxylic acids is 1. The molecular formula is C20H16ClNO2S. The van der Waals surface area contributed by atoms with E-state index >= 15 is 0 Å². The highest BCUT2D eigenvalue weighted by Crippen LogP contribution is 2.40. The van der Waals surface area contributed by atoms with Crippen LogP contribution in [0.4, 0.5) is 5.69 Å². The van der Waals surface area contributed by atoms with E-state index in [0.717, 1.165) is 22.6 Å². The molecule has 3 aromatic rings. The van der Waals surface area contributed by atoms with Gasteiger partial charge in [-0.2, -0.15) is 0 Å². The zero-order valence-corrected chi connectivity index (χ0v) is 14.9. The Morgan fingerprint density at radius 1 is 1.12 bits per heavy atom. The fourth-order valence-corrected chi connectivity index (χ4v) is 4.19. The van der Waals surface area contributed by atoms with Crippen LogP contribution < -0.4 is 10.1 Å². The monoisotopic (exact) mass is 369 g/mol. The van der Waals surface area contributed by atoms with Gasteiger partial charge in [-0.15, -0.1) is 11.3 Å². The number of thiophene rings is 1. The van der Waals surface area contributed by atoms with Crippen molar-refractivity contribution in [2.24, 2.45) is 0 Å². The van der Waals surface area contributed by atoms with Crippen LogP contribution in [0.2, 0.25) is 5.02 Å². The Morgan fingerprint density at radius 2 is 1.92 bits per heavy atom. The fraction of sp³-hybridized carbons (Fsp3) is 0.150. The highest BCUT2D eigenvalue weighted by Gasteiger charge is 2.27. The number of rotatable bonds is 4. The van der Waals surface area contributed by atoms with E-state index in [4.69, 9.17) is 16.3 Å². The molecule has 1 aliphatic rings. The van der Waals surface area contributed by atoms with Crippen molar-refractivity contribution in [1.82, 2.24) is 0 Å². The molecule has 5 heteroatoms. The van der Waals surface area contributed by atoms with Crippen LogP contribution in [-0.4, -0.2) is 5.91 Å². The average molecular weight is 370 g/mol. The first-order valence-corrected chi connectivity index (χ1v) is 9.30. The maximum atomic E-state index is 11.9. The van der Waals surface area contributed by atoms with Gasteiger partial charge in [0, 0.05) is 27.8 Å². The number of fused-ring (bicyclic) bond motifs is 1. The number of anilines is 1. The summed E-state index contributed by atoms with van der Waals surface area (Å²) >= 11 is 7.83. The topological polar surface area (TPSA) is 38.3 Å². The van der Waals surface area contributed by atoms with Crippen molar-refractivity contribution in [2.45, 2.75) is 18.9 Å². The van der Waals surface area contributed by atoms with E-state index < -0.39 is 0 Å². The van der Waals surface area contributed by atoms with Gasteiger partial charge in [-0.05, 0) is 35.2 Å². The molecule has 1 aromatic heterocycles. The largest absolute Gasteiger partial charge is 0.489 e. The molecule has 1 N–H and O–H groups in total.